The first-order valence-electron chi connectivity index (χ1n) is 8.98. The maximum absolute atomic E-state index is 12.8. The number of nitrogens with one attached hydrogen (secondary N) is 1. The van der Waals surface area contributed by atoms with Crippen LogP contribution in [0.3, 0.4) is 0 Å². The molecular formula is C20H23N5O. The summed E-state index contributed by atoms with van der Waals surface area (Å²) >= 11 is 0. The zero-order chi connectivity index (χ0) is 17.9. The van der Waals surface area contributed by atoms with E-state index in [-0.39, 0.29) is 5.91 Å². The number of carbonyl (C=O) groups is 1. The van der Waals surface area contributed by atoms with E-state index in [0.29, 0.717) is 11.6 Å². The lowest BCUT2D eigenvalue weighted by molar-refractivity contribution is 0.0741. The highest BCUT2D eigenvalue weighted by Gasteiger charge is 2.26. The largest absolute Gasteiger partial charge is 0.341 e. The maximum atomic E-state index is 12.8. The Kier molecular flexibility index (Phi) is 4.67. The summed E-state index contributed by atoms with van der Waals surface area (Å²) in [6.07, 6.45) is 7.93. The molecule has 6 heteroatoms. The van der Waals surface area contributed by atoms with Crippen molar-refractivity contribution in [3.63, 3.8) is 0 Å². The van der Waals surface area contributed by atoms with E-state index in [0.717, 1.165) is 38.0 Å². The molecule has 0 radical (unpaired) electrons. The zero-order valence-corrected chi connectivity index (χ0v) is 14.9. The lowest BCUT2D eigenvalue weighted by Crippen LogP contribution is -2.36. The van der Waals surface area contributed by atoms with E-state index in [4.69, 9.17) is 0 Å². The van der Waals surface area contributed by atoms with Gasteiger partial charge in [-0.25, -0.2) is 4.98 Å². The van der Waals surface area contributed by atoms with Gasteiger partial charge in [-0.05, 0) is 30.3 Å². The summed E-state index contributed by atoms with van der Waals surface area (Å²) in [7, 11) is 2.12. The third-order valence-electron chi connectivity index (χ3n) is 5.08. The molecule has 0 spiro atoms. The Balaban J connectivity index is 1.57. The second-order valence-electron chi connectivity index (χ2n) is 7.07. The van der Waals surface area contributed by atoms with Crippen molar-refractivity contribution in [1.82, 2.24) is 24.8 Å². The van der Waals surface area contributed by atoms with Crippen LogP contribution in [0.1, 0.15) is 16.1 Å². The normalized spacial score (nSPS) is 18.8. The Hall–Kier alpha value is -2.73. The molecule has 3 aromatic rings. The van der Waals surface area contributed by atoms with E-state index < -0.39 is 0 Å². The number of aromatic nitrogens is 3. The highest BCUT2D eigenvalue weighted by Crippen LogP contribution is 2.22. The van der Waals surface area contributed by atoms with Gasteiger partial charge in [0.15, 0.2) is 0 Å². The van der Waals surface area contributed by atoms with Crippen LogP contribution in [0.5, 0.6) is 0 Å². The molecular weight excluding hydrogens is 326 g/mol. The van der Waals surface area contributed by atoms with Crippen molar-refractivity contribution in [2.75, 3.05) is 33.2 Å². The zero-order valence-electron chi connectivity index (χ0n) is 14.9. The minimum atomic E-state index is 0.0267. The van der Waals surface area contributed by atoms with E-state index in [9.17, 15) is 4.79 Å². The molecule has 1 N–H and O–H groups in total. The topological polar surface area (TPSA) is 65.1 Å². The fourth-order valence-electron chi connectivity index (χ4n) is 3.79. The van der Waals surface area contributed by atoms with E-state index in [1.165, 1.54) is 10.9 Å². The third-order valence-corrected chi connectivity index (χ3v) is 5.08. The van der Waals surface area contributed by atoms with Gasteiger partial charge in [-0.3, -0.25) is 9.78 Å². The van der Waals surface area contributed by atoms with Gasteiger partial charge in [-0.2, -0.15) is 0 Å². The first-order valence-corrected chi connectivity index (χ1v) is 8.98. The molecule has 1 amide bonds. The number of benzene rings is 1. The fourth-order valence-corrected chi connectivity index (χ4v) is 3.79. The predicted molar refractivity (Wildman–Crippen MR) is 101 cm³/mol. The maximum Gasteiger partial charge on any atom is 0.271 e. The summed E-state index contributed by atoms with van der Waals surface area (Å²) in [6.45, 7) is 3.32. The molecule has 1 atom stereocenters. The number of fused-ring (bicyclic) bond motifs is 1. The quantitative estimate of drug-likeness (QED) is 0.787. The fraction of sp³-hybridized carbons (Fsp3) is 0.350. The van der Waals surface area contributed by atoms with Crippen LogP contribution >= 0.6 is 0 Å². The average Bonchev–Trinajstić information content (AvgIpc) is 3.13. The van der Waals surface area contributed by atoms with Crippen molar-refractivity contribution in [2.45, 2.75) is 6.42 Å². The summed E-state index contributed by atoms with van der Waals surface area (Å²) in [5.74, 6) is 0.390. The monoisotopic (exact) mass is 349 g/mol. The Morgan fingerprint density at radius 3 is 2.88 bits per heavy atom. The highest BCUT2D eigenvalue weighted by atomic mass is 16.2. The molecule has 6 nitrogen and oxygen atoms in total. The second-order valence-corrected chi connectivity index (χ2v) is 7.07. The standard InChI is InChI=1S/C20H23N5O/c1-24-6-7-25(20(26)19-11-22-14-23-19)13-15(12-24)8-17-10-21-9-16-4-2-3-5-18(16)17/h2-5,9-11,14-15H,6-8,12-13H2,1H3,(H,22,23)/t15-/m0/s1. The number of hydrogen-bond donors (Lipinski definition) is 1. The SMILES string of the molecule is CN1CCN(C(=O)c2cnc[nH]2)C[C@@H](Cc2cncc3ccccc23)C1. The van der Waals surface area contributed by atoms with E-state index in [2.05, 4.69) is 45.1 Å². The van der Waals surface area contributed by atoms with Crippen molar-refractivity contribution in [2.24, 2.45) is 5.92 Å². The van der Waals surface area contributed by atoms with Crippen molar-refractivity contribution in [3.05, 3.63) is 60.4 Å². The second kappa shape index (κ2) is 7.25. The number of pyridine rings is 1. The van der Waals surface area contributed by atoms with Gasteiger partial charge in [0.25, 0.3) is 5.91 Å². The number of nitrogens with zero attached hydrogens (tertiary/aromatic N) is 4. The lowest BCUT2D eigenvalue weighted by Gasteiger charge is -2.24. The Labute approximate surface area is 152 Å². The summed E-state index contributed by atoms with van der Waals surface area (Å²) in [5, 5.41) is 2.42. The van der Waals surface area contributed by atoms with Gasteiger partial charge < -0.3 is 14.8 Å². The molecule has 0 bridgehead atoms. The molecule has 2 aromatic heterocycles. The van der Waals surface area contributed by atoms with Gasteiger partial charge in [-0.1, -0.05) is 24.3 Å². The van der Waals surface area contributed by atoms with Crippen molar-refractivity contribution >= 4 is 16.7 Å². The van der Waals surface area contributed by atoms with Gasteiger partial charge >= 0.3 is 0 Å². The van der Waals surface area contributed by atoms with E-state index >= 15 is 0 Å². The number of aromatic amines is 1. The molecule has 1 aliphatic rings. The van der Waals surface area contributed by atoms with Crippen LogP contribution in [0.25, 0.3) is 10.8 Å². The molecule has 1 saturated heterocycles. The molecule has 1 fully saturated rings. The van der Waals surface area contributed by atoms with Crippen LogP contribution in [0.15, 0.2) is 49.2 Å². The number of H-pyrrole nitrogens is 1. The number of hydrogen-bond acceptors (Lipinski definition) is 4. The molecule has 4 rings (SSSR count). The van der Waals surface area contributed by atoms with Crippen molar-refractivity contribution < 1.29 is 4.79 Å². The van der Waals surface area contributed by atoms with Crippen molar-refractivity contribution in [3.8, 4) is 0 Å². The molecule has 0 aliphatic carbocycles. The minimum Gasteiger partial charge on any atom is -0.341 e. The third kappa shape index (κ3) is 3.46. The summed E-state index contributed by atoms with van der Waals surface area (Å²) in [4.78, 5) is 28.3. The molecule has 0 unspecified atom stereocenters. The van der Waals surface area contributed by atoms with Crippen molar-refractivity contribution in [1.29, 1.82) is 0 Å². The Morgan fingerprint density at radius 2 is 2.04 bits per heavy atom. The molecule has 3 heterocycles. The molecule has 0 saturated carbocycles. The van der Waals surface area contributed by atoms with Gasteiger partial charge in [0.1, 0.15) is 5.69 Å². The summed E-state index contributed by atoms with van der Waals surface area (Å²) < 4.78 is 0. The number of carbonyl (C=O) groups excluding carboxylic acids is 1. The Bertz CT molecular complexity index is 887. The molecule has 1 aliphatic heterocycles. The van der Waals surface area contributed by atoms with Crippen LogP contribution in [-0.4, -0.2) is 63.9 Å². The Morgan fingerprint density at radius 1 is 1.15 bits per heavy atom. The number of imidazole rings is 1. The van der Waals surface area contributed by atoms with E-state index in [1.807, 2.05) is 23.4 Å². The van der Waals surface area contributed by atoms with Gasteiger partial charge in [0.2, 0.25) is 0 Å². The highest BCUT2D eigenvalue weighted by molar-refractivity contribution is 5.92. The van der Waals surface area contributed by atoms with Gasteiger partial charge in [0.05, 0.1) is 12.5 Å². The predicted octanol–water partition coefficient (Wildman–Crippen LogP) is 2.20. The smallest absolute Gasteiger partial charge is 0.271 e. The van der Waals surface area contributed by atoms with Crippen LogP contribution in [0.2, 0.25) is 0 Å². The van der Waals surface area contributed by atoms with E-state index in [1.54, 1.807) is 12.5 Å². The van der Waals surface area contributed by atoms with Gasteiger partial charge in [-0.15, -0.1) is 0 Å². The van der Waals surface area contributed by atoms with Crippen LogP contribution < -0.4 is 0 Å². The minimum absolute atomic E-state index is 0.0267. The first-order chi connectivity index (χ1) is 12.7. The summed E-state index contributed by atoms with van der Waals surface area (Å²) in [6, 6.07) is 8.36. The van der Waals surface area contributed by atoms with Crippen LogP contribution in [0, 0.1) is 5.92 Å². The number of likely N-dealkylation sites (N-methyl/N-ethyl adjacent to an activating group) is 1. The summed E-state index contributed by atoms with van der Waals surface area (Å²) in [5.41, 5.74) is 1.80. The first kappa shape index (κ1) is 16.7. The van der Waals surface area contributed by atoms with Gasteiger partial charge in [0, 0.05) is 44.0 Å². The lowest BCUT2D eigenvalue weighted by atomic mass is 9.96. The molecule has 26 heavy (non-hydrogen) atoms. The van der Waals surface area contributed by atoms with Crippen LogP contribution in [-0.2, 0) is 6.42 Å². The molecule has 134 valence electrons. The van der Waals surface area contributed by atoms with Crippen LogP contribution in [0.4, 0.5) is 0 Å². The average molecular weight is 349 g/mol. The number of amides is 1. The molecule has 1 aromatic carbocycles. The number of rotatable bonds is 3.